The highest BCUT2D eigenvalue weighted by atomic mass is 32.2. The summed E-state index contributed by atoms with van der Waals surface area (Å²) in [5.74, 6) is 2.91. The third-order valence-corrected chi connectivity index (χ3v) is 2.99. The first-order valence-electron chi connectivity index (χ1n) is 4.46. The second-order valence-corrected chi connectivity index (χ2v) is 4.18. The Kier molecular flexibility index (Phi) is 2.84. The van der Waals surface area contributed by atoms with E-state index < -0.39 is 0 Å². The maximum Gasteiger partial charge on any atom is 0.226 e. The van der Waals surface area contributed by atoms with E-state index in [1.807, 2.05) is 17.8 Å². The van der Waals surface area contributed by atoms with Gasteiger partial charge in [-0.25, -0.2) is 9.97 Å². The largest absolute Gasteiger partial charge is 0.339 e. The van der Waals surface area contributed by atoms with Gasteiger partial charge in [0.1, 0.15) is 11.8 Å². The van der Waals surface area contributed by atoms with Crippen LogP contribution >= 0.6 is 11.8 Å². The Labute approximate surface area is 87.0 Å². The van der Waals surface area contributed by atoms with Crippen LogP contribution in [-0.4, -0.2) is 34.6 Å². The fourth-order valence-electron chi connectivity index (χ4n) is 1.33. The molecule has 1 aliphatic heterocycles. The predicted octanol–water partition coefficient (Wildman–Crippen LogP) is 0.901. The van der Waals surface area contributed by atoms with Crippen molar-refractivity contribution in [1.82, 2.24) is 9.97 Å². The van der Waals surface area contributed by atoms with Gasteiger partial charge in [0.05, 0.1) is 0 Å². The van der Waals surface area contributed by atoms with Crippen LogP contribution in [0.2, 0.25) is 0 Å². The first-order chi connectivity index (χ1) is 6.90. The summed E-state index contributed by atoms with van der Waals surface area (Å²) < 4.78 is 0. The normalized spacial score (nSPS) is 16.4. The number of thioether (sulfide) groups is 1. The highest BCUT2D eigenvalue weighted by Crippen LogP contribution is 2.14. The second kappa shape index (κ2) is 4.29. The van der Waals surface area contributed by atoms with Gasteiger partial charge in [0, 0.05) is 30.8 Å². The third-order valence-electron chi connectivity index (χ3n) is 2.05. The van der Waals surface area contributed by atoms with Crippen LogP contribution in [0.1, 0.15) is 5.69 Å². The molecular weight excluding hydrogens is 196 g/mol. The summed E-state index contributed by atoms with van der Waals surface area (Å²) in [6, 6.07) is 3.65. The predicted molar refractivity (Wildman–Crippen MR) is 56.3 cm³/mol. The second-order valence-electron chi connectivity index (χ2n) is 2.95. The molecule has 0 N–H and O–H groups in total. The monoisotopic (exact) mass is 206 g/mol. The van der Waals surface area contributed by atoms with E-state index in [4.69, 9.17) is 5.26 Å². The molecule has 14 heavy (non-hydrogen) atoms. The summed E-state index contributed by atoms with van der Waals surface area (Å²) in [6.07, 6.45) is 1.64. The van der Waals surface area contributed by atoms with Crippen molar-refractivity contribution in [2.75, 3.05) is 29.5 Å². The Morgan fingerprint density at radius 2 is 2.21 bits per heavy atom. The molecule has 4 nitrogen and oxygen atoms in total. The molecule has 0 saturated carbocycles. The van der Waals surface area contributed by atoms with Crippen LogP contribution in [-0.2, 0) is 0 Å². The Bertz CT molecular complexity index is 354. The van der Waals surface area contributed by atoms with E-state index in [1.54, 1.807) is 12.3 Å². The quantitative estimate of drug-likeness (QED) is 0.683. The Morgan fingerprint density at radius 3 is 2.93 bits per heavy atom. The van der Waals surface area contributed by atoms with Gasteiger partial charge in [-0.05, 0) is 6.07 Å². The average Bonchev–Trinajstić information content (AvgIpc) is 2.30. The molecule has 2 rings (SSSR count). The topological polar surface area (TPSA) is 52.8 Å². The van der Waals surface area contributed by atoms with Crippen LogP contribution < -0.4 is 4.90 Å². The number of nitrogens with zero attached hydrogens (tertiary/aromatic N) is 4. The molecular formula is C9H10N4S. The van der Waals surface area contributed by atoms with Gasteiger partial charge < -0.3 is 4.90 Å². The zero-order chi connectivity index (χ0) is 9.80. The van der Waals surface area contributed by atoms with Gasteiger partial charge in [0.2, 0.25) is 5.95 Å². The average molecular weight is 206 g/mol. The minimum Gasteiger partial charge on any atom is -0.339 e. The molecule has 0 atom stereocenters. The Hall–Kier alpha value is -1.28. The molecule has 5 heteroatoms. The first-order valence-corrected chi connectivity index (χ1v) is 5.61. The molecule has 1 saturated heterocycles. The molecule has 1 aliphatic rings. The summed E-state index contributed by atoms with van der Waals surface area (Å²) >= 11 is 1.94. The van der Waals surface area contributed by atoms with Crippen molar-refractivity contribution in [1.29, 1.82) is 5.26 Å². The van der Waals surface area contributed by atoms with Gasteiger partial charge in [-0.2, -0.15) is 17.0 Å². The summed E-state index contributed by atoms with van der Waals surface area (Å²) in [6.45, 7) is 1.94. The molecule has 0 aliphatic carbocycles. The fourth-order valence-corrected chi connectivity index (χ4v) is 2.23. The van der Waals surface area contributed by atoms with Gasteiger partial charge in [-0.3, -0.25) is 0 Å². The van der Waals surface area contributed by atoms with Crippen LogP contribution in [0.3, 0.4) is 0 Å². The first kappa shape index (κ1) is 9.28. The SMILES string of the molecule is N#Cc1ccnc(N2CCSCC2)n1. The number of aromatic nitrogens is 2. The number of anilines is 1. The molecule has 2 heterocycles. The Morgan fingerprint density at radius 1 is 1.43 bits per heavy atom. The molecule has 72 valence electrons. The van der Waals surface area contributed by atoms with E-state index in [9.17, 15) is 0 Å². The highest BCUT2D eigenvalue weighted by Gasteiger charge is 2.13. The van der Waals surface area contributed by atoms with Crippen LogP contribution in [0.15, 0.2) is 12.3 Å². The zero-order valence-corrected chi connectivity index (χ0v) is 8.50. The molecule has 0 aromatic carbocycles. The number of hydrogen-bond donors (Lipinski definition) is 0. The molecule has 1 fully saturated rings. The van der Waals surface area contributed by atoms with Gasteiger partial charge in [0.25, 0.3) is 0 Å². The van der Waals surface area contributed by atoms with E-state index >= 15 is 0 Å². The molecule has 0 bridgehead atoms. The molecule has 1 aromatic rings. The van der Waals surface area contributed by atoms with Crippen molar-refractivity contribution < 1.29 is 0 Å². The lowest BCUT2D eigenvalue weighted by atomic mass is 10.4. The lowest BCUT2D eigenvalue weighted by Crippen LogP contribution is -2.33. The lowest BCUT2D eigenvalue weighted by molar-refractivity contribution is 0.813. The van der Waals surface area contributed by atoms with Crippen LogP contribution in [0, 0.1) is 11.3 Å². The summed E-state index contributed by atoms with van der Waals surface area (Å²) in [5, 5.41) is 8.70. The van der Waals surface area contributed by atoms with Gasteiger partial charge >= 0.3 is 0 Å². The van der Waals surface area contributed by atoms with E-state index in [0.717, 1.165) is 24.6 Å². The van der Waals surface area contributed by atoms with Gasteiger partial charge in [0.15, 0.2) is 0 Å². The van der Waals surface area contributed by atoms with Crippen LogP contribution in [0.5, 0.6) is 0 Å². The van der Waals surface area contributed by atoms with E-state index in [2.05, 4.69) is 14.9 Å². The summed E-state index contributed by atoms with van der Waals surface area (Å²) in [5.41, 5.74) is 0.438. The maximum absolute atomic E-state index is 8.70. The van der Waals surface area contributed by atoms with E-state index in [0.29, 0.717) is 11.6 Å². The zero-order valence-electron chi connectivity index (χ0n) is 7.68. The minimum atomic E-state index is 0.438. The van der Waals surface area contributed by atoms with Gasteiger partial charge in [-0.1, -0.05) is 0 Å². The Balaban J connectivity index is 2.18. The summed E-state index contributed by atoms with van der Waals surface area (Å²) in [4.78, 5) is 10.4. The summed E-state index contributed by atoms with van der Waals surface area (Å²) in [7, 11) is 0. The van der Waals surface area contributed by atoms with Crippen molar-refractivity contribution in [2.45, 2.75) is 0 Å². The van der Waals surface area contributed by atoms with E-state index in [-0.39, 0.29) is 0 Å². The van der Waals surface area contributed by atoms with Crippen molar-refractivity contribution in [3.05, 3.63) is 18.0 Å². The van der Waals surface area contributed by atoms with Crippen LogP contribution in [0.25, 0.3) is 0 Å². The van der Waals surface area contributed by atoms with Gasteiger partial charge in [-0.15, -0.1) is 0 Å². The molecule has 0 spiro atoms. The minimum absolute atomic E-state index is 0.438. The number of rotatable bonds is 1. The van der Waals surface area contributed by atoms with Crippen LogP contribution in [0.4, 0.5) is 5.95 Å². The maximum atomic E-state index is 8.70. The van der Waals surface area contributed by atoms with E-state index in [1.165, 1.54) is 0 Å². The lowest BCUT2D eigenvalue weighted by Gasteiger charge is -2.26. The fraction of sp³-hybridized carbons (Fsp3) is 0.444. The third kappa shape index (κ3) is 1.96. The number of nitriles is 1. The molecule has 0 radical (unpaired) electrons. The molecule has 0 amide bonds. The van der Waals surface area contributed by atoms with Crippen molar-refractivity contribution >= 4 is 17.7 Å². The highest BCUT2D eigenvalue weighted by molar-refractivity contribution is 7.99. The number of hydrogen-bond acceptors (Lipinski definition) is 5. The smallest absolute Gasteiger partial charge is 0.226 e. The molecule has 1 aromatic heterocycles. The van der Waals surface area contributed by atoms with Crippen molar-refractivity contribution in [3.63, 3.8) is 0 Å². The van der Waals surface area contributed by atoms with Crippen molar-refractivity contribution in [3.8, 4) is 6.07 Å². The standard InChI is InChI=1S/C9H10N4S/c10-7-8-1-2-11-9(12-8)13-3-5-14-6-4-13/h1-2H,3-6H2. The molecule has 0 unspecified atom stereocenters. The van der Waals surface area contributed by atoms with Crippen molar-refractivity contribution in [2.24, 2.45) is 0 Å².